The molecule has 2 aliphatic heterocycles. The summed E-state index contributed by atoms with van der Waals surface area (Å²) in [6.45, 7) is 2.45. The first-order valence-corrected chi connectivity index (χ1v) is 8.85. The molecular weight excluding hydrogens is 330 g/mol. The molecule has 2 N–H and O–H groups in total. The van der Waals surface area contributed by atoms with Gasteiger partial charge in [0.25, 0.3) is 11.8 Å². The van der Waals surface area contributed by atoms with E-state index in [1.54, 1.807) is 29.2 Å². The normalized spacial score (nSPS) is 19.1. The Morgan fingerprint density at radius 1 is 1.15 bits per heavy atom. The Morgan fingerprint density at radius 2 is 2.04 bits per heavy atom. The summed E-state index contributed by atoms with van der Waals surface area (Å²) in [6, 6.07) is 15.0. The Bertz CT molecular complexity index is 831. The summed E-state index contributed by atoms with van der Waals surface area (Å²) in [5, 5.41) is 5.97. The molecule has 1 fully saturated rings. The average Bonchev–Trinajstić information content (AvgIpc) is 3.12. The third kappa shape index (κ3) is 3.34. The highest BCUT2D eigenvalue weighted by Gasteiger charge is 2.26. The number of para-hydroxylation sites is 1. The van der Waals surface area contributed by atoms with E-state index < -0.39 is 6.10 Å². The summed E-state index contributed by atoms with van der Waals surface area (Å²) < 4.78 is 5.46. The Morgan fingerprint density at radius 3 is 2.88 bits per heavy atom. The van der Waals surface area contributed by atoms with E-state index in [9.17, 15) is 9.59 Å². The number of hydrogen-bond acceptors (Lipinski definition) is 4. The second kappa shape index (κ2) is 7.27. The van der Waals surface area contributed by atoms with E-state index >= 15 is 0 Å². The molecular formula is C20H21N3O3. The molecule has 0 aromatic heterocycles. The third-order valence-electron chi connectivity index (χ3n) is 4.73. The first kappa shape index (κ1) is 16.8. The molecule has 2 aliphatic rings. The molecule has 0 bridgehead atoms. The van der Waals surface area contributed by atoms with Crippen LogP contribution in [-0.2, 0) is 16.0 Å². The van der Waals surface area contributed by atoms with Crippen molar-refractivity contribution >= 4 is 23.2 Å². The van der Waals surface area contributed by atoms with Crippen molar-refractivity contribution in [1.29, 1.82) is 0 Å². The van der Waals surface area contributed by atoms with Gasteiger partial charge < -0.3 is 20.3 Å². The fourth-order valence-electron chi connectivity index (χ4n) is 3.39. The monoisotopic (exact) mass is 351 g/mol. The van der Waals surface area contributed by atoms with Gasteiger partial charge in [0, 0.05) is 36.6 Å². The number of nitrogens with one attached hydrogen (secondary N) is 2. The second-order valence-electron chi connectivity index (χ2n) is 6.47. The van der Waals surface area contributed by atoms with Crippen LogP contribution >= 0.6 is 0 Å². The lowest BCUT2D eigenvalue weighted by molar-refractivity contribution is -0.128. The molecule has 4 rings (SSSR count). The zero-order valence-electron chi connectivity index (χ0n) is 14.4. The van der Waals surface area contributed by atoms with Crippen molar-refractivity contribution in [3.8, 4) is 0 Å². The number of carbonyl (C=O) groups is 2. The van der Waals surface area contributed by atoms with Gasteiger partial charge in [0.2, 0.25) is 0 Å². The van der Waals surface area contributed by atoms with Crippen molar-refractivity contribution in [2.75, 3.05) is 36.5 Å². The van der Waals surface area contributed by atoms with Gasteiger partial charge >= 0.3 is 0 Å². The molecule has 0 aliphatic carbocycles. The van der Waals surface area contributed by atoms with Crippen LogP contribution in [0.25, 0.3) is 0 Å². The van der Waals surface area contributed by atoms with Crippen molar-refractivity contribution in [2.45, 2.75) is 12.5 Å². The van der Waals surface area contributed by atoms with Gasteiger partial charge in [0.05, 0.1) is 6.61 Å². The van der Waals surface area contributed by atoms with Crippen molar-refractivity contribution in [1.82, 2.24) is 5.32 Å². The summed E-state index contributed by atoms with van der Waals surface area (Å²) in [5.74, 6) is -0.255. The van der Waals surface area contributed by atoms with E-state index in [1.165, 1.54) is 5.56 Å². The van der Waals surface area contributed by atoms with E-state index in [2.05, 4.69) is 16.7 Å². The highest BCUT2D eigenvalue weighted by atomic mass is 16.5. The number of rotatable bonds is 3. The van der Waals surface area contributed by atoms with E-state index in [0.717, 1.165) is 18.7 Å². The molecule has 2 amide bonds. The van der Waals surface area contributed by atoms with Gasteiger partial charge in [-0.2, -0.15) is 0 Å². The largest absolute Gasteiger partial charge is 0.366 e. The number of benzene rings is 2. The Kier molecular flexibility index (Phi) is 4.69. The van der Waals surface area contributed by atoms with Crippen molar-refractivity contribution in [2.24, 2.45) is 0 Å². The van der Waals surface area contributed by atoms with Crippen molar-refractivity contribution in [3.63, 3.8) is 0 Å². The minimum Gasteiger partial charge on any atom is -0.366 e. The molecule has 2 heterocycles. The van der Waals surface area contributed by atoms with Gasteiger partial charge in [-0.15, -0.1) is 0 Å². The summed E-state index contributed by atoms with van der Waals surface area (Å²) in [6.07, 6.45) is 0.359. The standard InChI is InChI=1S/C20H21N3O3/c24-19(18-13-21-9-11-26-18)22-16-6-3-5-15(12-16)20(25)23-10-8-14-4-1-2-7-17(14)23/h1-7,12,18,21H,8-11,13H2,(H,22,24). The molecule has 1 atom stereocenters. The first-order chi connectivity index (χ1) is 12.7. The maximum atomic E-state index is 12.9. The Labute approximate surface area is 152 Å². The fourth-order valence-corrected chi connectivity index (χ4v) is 3.39. The van der Waals surface area contributed by atoms with Crippen LogP contribution in [0.5, 0.6) is 0 Å². The Hall–Kier alpha value is -2.70. The molecule has 2 aromatic rings. The third-order valence-corrected chi connectivity index (χ3v) is 4.73. The lowest BCUT2D eigenvalue weighted by atomic mass is 10.1. The molecule has 134 valence electrons. The minimum absolute atomic E-state index is 0.0540. The van der Waals surface area contributed by atoms with E-state index in [4.69, 9.17) is 4.74 Å². The van der Waals surface area contributed by atoms with Gasteiger partial charge in [-0.1, -0.05) is 24.3 Å². The number of hydrogen-bond donors (Lipinski definition) is 2. The molecule has 26 heavy (non-hydrogen) atoms. The smallest absolute Gasteiger partial charge is 0.258 e. The van der Waals surface area contributed by atoms with Gasteiger partial charge in [-0.05, 0) is 36.2 Å². The Balaban J connectivity index is 1.49. The molecule has 6 nitrogen and oxygen atoms in total. The predicted molar refractivity (Wildman–Crippen MR) is 99.5 cm³/mol. The topological polar surface area (TPSA) is 70.7 Å². The molecule has 0 radical (unpaired) electrons. The zero-order chi connectivity index (χ0) is 17.9. The minimum atomic E-state index is -0.506. The summed E-state index contributed by atoms with van der Waals surface area (Å²) in [4.78, 5) is 27.0. The van der Waals surface area contributed by atoms with Crippen molar-refractivity contribution in [3.05, 3.63) is 59.7 Å². The number of ether oxygens (including phenoxy) is 1. The van der Waals surface area contributed by atoms with E-state index in [0.29, 0.717) is 30.9 Å². The number of carbonyl (C=O) groups excluding carboxylic acids is 2. The molecule has 0 spiro atoms. The number of anilines is 2. The summed E-state index contributed by atoms with van der Waals surface area (Å²) in [5.41, 5.74) is 3.31. The quantitative estimate of drug-likeness (QED) is 0.885. The number of morpholine rings is 1. The van der Waals surface area contributed by atoms with Gasteiger partial charge in [0.1, 0.15) is 6.10 Å². The zero-order valence-corrected chi connectivity index (χ0v) is 14.4. The van der Waals surface area contributed by atoms with Crippen LogP contribution in [0.15, 0.2) is 48.5 Å². The summed E-state index contributed by atoms with van der Waals surface area (Å²) in [7, 11) is 0. The van der Waals surface area contributed by atoms with Crippen molar-refractivity contribution < 1.29 is 14.3 Å². The maximum absolute atomic E-state index is 12.9. The molecule has 1 unspecified atom stereocenters. The van der Waals surface area contributed by atoms with E-state index in [1.807, 2.05) is 18.2 Å². The van der Waals surface area contributed by atoms with Crippen LogP contribution in [0.3, 0.4) is 0 Å². The number of nitrogens with zero attached hydrogens (tertiary/aromatic N) is 1. The van der Waals surface area contributed by atoms with Gasteiger partial charge in [-0.3, -0.25) is 9.59 Å². The number of fused-ring (bicyclic) bond motifs is 1. The highest BCUT2D eigenvalue weighted by molar-refractivity contribution is 6.08. The second-order valence-corrected chi connectivity index (χ2v) is 6.47. The average molecular weight is 351 g/mol. The van der Waals surface area contributed by atoms with Crippen LogP contribution in [-0.4, -0.2) is 44.2 Å². The molecule has 0 saturated carbocycles. The van der Waals surface area contributed by atoms with Crippen LogP contribution in [0.1, 0.15) is 15.9 Å². The number of amides is 2. The molecule has 6 heteroatoms. The lowest BCUT2D eigenvalue weighted by Gasteiger charge is -2.23. The van der Waals surface area contributed by atoms with E-state index in [-0.39, 0.29) is 11.8 Å². The fraction of sp³-hybridized carbons (Fsp3) is 0.300. The maximum Gasteiger partial charge on any atom is 0.258 e. The molecule has 2 aromatic carbocycles. The van der Waals surface area contributed by atoms with Crippen LogP contribution < -0.4 is 15.5 Å². The summed E-state index contributed by atoms with van der Waals surface area (Å²) >= 11 is 0. The van der Waals surface area contributed by atoms with Crippen LogP contribution in [0.2, 0.25) is 0 Å². The molecule has 1 saturated heterocycles. The SMILES string of the molecule is O=C(Nc1cccc(C(=O)N2CCc3ccccc32)c1)C1CNCCO1. The predicted octanol–water partition coefficient (Wildman–Crippen LogP) is 1.82. The van der Waals surface area contributed by atoms with Crippen LogP contribution in [0, 0.1) is 0 Å². The lowest BCUT2D eigenvalue weighted by Crippen LogP contribution is -2.45. The van der Waals surface area contributed by atoms with Crippen LogP contribution in [0.4, 0.5) is 11.4 Å². The van der Waals surface area contributed by atoms with Gasteiger partial charge in [-0.25, -0.2) is 0 Å². The highest BCUT2D eigenvalue weighted by Crippen LogP contribution is 2.29. The van der Waals surface area contributed by atoms with Gasteiger partial charge in [0.15, 0.2) is 0 Å². The first-order valence-electron chi connectivity index (χ1n) is 8.85.